The third-order valence-corrected chi connectivity index (χ3v) is 8.23. The van der Waals surface area contributed by atoms with Crippen LogP contribution in [0.1, 0.15) is 0 Å². The first-order valence-corrected chi connectivity index (χ1v) is 13.9. The summed E-state index contributed by atoms with van der Waals surface area (Å²) in [6, 6.07) is 57.6. The number of hydrogen-bond acceptors (Lipinski definition) is 0. The fourth-order valence-electron chi connectivity index (χ4n) is 6.38. The highest BCUT2D eigenvalue weighted by molar-refractivity contribution is 6.22. The van der Waals surface area contributed by atoms with Crippen molar-refractivity contribution < 1.29 is 0 Å². The van der Waals surface area contributed by atoms with Crippen LogP contribution in [0, 0.1) is 0 Å². The van der Waals surface area contributed by atoms with Crippen LogP contribution in [0.4, 0.5) is 0 Å². The maximum atomic E-state index is 2.39. The van der Waals surface area contributed by atoms with Gasteiger partial charge >= 0.3 is 0 Å². The maximum Gasteiger partial charge on any atom is -0.00261 e. The van der Waals surface area contributed by atoms with Gasteiger partial charge in [0.1, 0.15) is 0 Å². The van der Waals surface area contributed by atoms with Crippen LogP contribution in [0.25, 0.3) is 76.5 Å². The van der Waals surface area contributed by atoms with Crippen molar-refractivity contribution in [2.75, 3.05) is 0 Å². The van der Waals surface area contributed by atoms with E-state index in [0.717, 1.165) is 0 Å². The molecule has 0 fully saturated rings. The lowest BCUT2D eigenvalue weighted by Gasteiger charge is -2.19. The largest absolute Gasteiger partial charge is 0.0622 e. The zero-order valence-electron chi connectivity index (χ0n) is 22.0. The quantitative estimate of drug-likeness (QED) is 0.165. The van der Waals surface area contributed by atoms with E-state index in [2.05, 4.69) is 158 Å². The Kier molecular flexibility index (Phi) is 5.24. The van der Waals surface area contributed by atoms with Crippen LogP contribution in [-0.4, -0.2) is 0 Å². The van der Waals surface area contributed by atoms with Gasteiger partial charge in [-0.05, 0) is 88.6 Å². The van der Waals surface area contributed by atoms with Crippen molar-refractivity contribution in [1.29, 1.82) is 0 Å². The zero-order chi connectivity index (χ0) is 26.5. The Bertz CT molecular complexity index is 2190. The Balaban J connectivity index is 1.48. The average Bonchev–Trinajstić information content (AvgIpc) is 3.04. The molecule has 0 unspecified atom stereocenters. The first-order chi connectivity index (χ1) is 19.8. The monoisotopic (exact) mass is 506 g/mol. The molecule has 40 heavy (non-hydrogen) atoms. The summed E-state index contributed by atoms with van der Waals surface area (Å²) in [7, 11) is 0. The highest BCUT2D eigenvalue weighted by Gasteiger charge is 2.17. The molecule has 0 atom stereocenters. The van der Waals surface area contributed by atoms with E-state index in [0.29, 0.717) is 0 Å². The van der Waals surface area contributed by atoms with Gasteiger partial charge in [-0.2, -0.15) is 0 Å². The molecule has 0 aliphatic rings. The molecular weight excluding hydrogens is 480 g/mol. The third kappa shape index (κ3) is 3.61. The Morgan fingerprint density at radius 3 is 1.48 bits per heavy atom. The van der Waals surface area contributed by atoms with Gasteiger partial charge in [-0.25, -0.2) is 0 Å². The van der Waals surface area contributed by atoms with Crippen LogP contribution in [0.2, 0.25) is 0 Å². The summed E-state index contributed by atoms with van der Waals surface area (Å²) in [6.45, 7) is 0. The minimum atomic E-state index is 1.23. The van der Waals surface area contributed by atoms with Crippen molar-refractivity contribution in [2.45, 2.75) is 0 Å². The fourth-order valence-corrected chi connectivity index (χ4v) is 6.38. The normalized spacial score (nSPS) is 11.5. The molecule has 186 valence electrons. The van der Waals surface area contributed by atoms with Crippen LogP contribution in [0.3, 0.4) is 0 Å². The lowest BCUT2D eigenvalue weighted by atomic mass is 9.84. The summed E-state index contributed by atoms with van der Waals surface area (Å²) in [6.07, 6.45) is 0. The molecule has 0 nitrogen and oxygen atoms in total. The van der Waals surface area contributed by atoms with Crippen molar-refractivity contribution in [3.8, 4) is 33.4 Å². The molecule has 0 spiro atoms. The van der Waals surface area contributed by atoms with Gasteiger partial charge in [0.2, 0.25) is 0 Å². The molecule has 0 heteroatoms. The molecule has 0 aromatic heterocycles. The van der Waals surface area contributed by atoms with Gasteiger partial charge < -0.3 is 0 Å². The molecule has 8 aromatic carbocycles. The first-order valence-electron chi connectivity index (χ1n) is 13.9. The second kappa shape index (κ2) is 9.22. The predicted octanol–water partition coefficient (Wildman–Crippen LogP) is 11.3. The number of hydrogen-bond donors (Lipinski definition) is 0. The standard InChI is InChI=1S/C40H26/c1-3-11-27(12-4-1)30-21-24-37-38(26-30)39(29-14-5-2-6-15-29)35-17-9-10-18-36(35)40(37)32-22-23-34-31(25-32)20-19-28-13-7-8-16-33(28)34/h1-26H. The minimum Gasteiger partial charge on any atom is -0.0622 e. The zero-order valence-corrected chi connectivity index (χ0v) is 22.0. The van der Waals surface area contributed by atoms with Crippen LogP contribution >= 0.6 is 0 Å². The van der Waals surface area contributed by atoms with E-state index in [1.54, 1.807) is 0 Å². The van der Waals surface area contributed by atoms with Gasteiger partial charge in [0, 0.05) is 0 Å². The number of rotatable bonds is 3. The maximum absolute atomic E-state index is 2.39. The number of benzene rings is 8. The Hall–Kier alpha value is -5.20. The summed E-state index contributed by atoms with van der Waals surface area (Å²) in [5.41, 5.74) is 7.54. The van der Waals surface area contributed by atoms with E-state index >= 15 is 0 Å². The second-order valence-electron chi connectivity index (χ2n) is 10.5. The Morgan fingerprint density at radius 2 is 0.725 bits per heavy atom. The van der Waals surface area contributed by atoms with Crippen molar-refractivity contribution in [1.82, 2.24) is 0 Å². The van der Waals surface area contributed by atoms with Gasteiger partial charge in [-0.15, -0.1) is 0 Å². The van der Waals surface area contributed by atoms with Crippen molar-refractivity contribution in [3.63, 3.8) is 0 Å². The Labute approximate surface area is 233 Å². The fraction of sp³-hybridized carbons (Fsp3) is 0. The molecule has 0 saturated heterocycles. The van der Waals surface area contributed by atoms with Gasteiger partial charge in [0.05, 0.1) is 0 Å². The molecule has 0 aliphatic carbocycles. The summed E-state index contributed by atoms with van der Waals surface area (Å²) in [5, 5.41) is 10.2. The minimum absolute atomic E-state index is 1.23. The van der Waals surface area contributed by atoms with E-state index in [4.69, 9.17) is 0 Å². The summed E-state index contributed by atoms with van der Waals surface area (Å²) in [4.78, 5) is 0. The lowest BCUT2D eigenvalue weighted by molar-refractivity contribution is 1.63. The van der Waals surface area contributed by atoms with Gasteiger partial charge in [0.15, 0.2) is 0 Å². The Morgan fingerprint density at radius 1 is 0.225 bits per heavy atom. The summed E-state index contributed by atoms with van der Waals surface area (Å²) in [5.74, 6) is 0. The van der Waals surface area contributed by atoms with Crippen molar-refractivity contribution in [3.05, 3.63) is 158 Å². The van der Waals surface area contributed by atoms with E-state index in [-0.39, 0.29) is 0 Å². The molecule has 8 aromatic rings. The third-order valence-electron chi connectivity index (χ3n) is 8.23. The molecule has 0 amide bonds. The van der Waals surface area contributed by atoms with E-state index in [1.807, 2.05) is 0 Å². The topological polar surface area (TPSA) is 0 Å². The molecule has 8 rings (SSSR count). The molecule has 0 saturated carbocycles. The van der Waals surface area contributed by atoms with Crippen LogP contribution < -0.4 is 0 Å². The molecule has 0 heterocycles. The van der Waals surface area contributed by atoms with E-state index < -0.39 is 0 Å². The predicted molar refractivity (Wildman–Crippen MR) is 173 cm³/mol. The summed E-state index contributed by atoms with van der Waals surface area (Å²) >= 11 is 0. The van der Waals surface area contributed by atoms with Crippen LogP contribution in [-0.2, 0) is 0 Å². The molecular formula is C40H26. The lowest BCUT2D eigenvalue weighted by Crippen LogP contribution is -1.92. The smallest absolute Gasteiger partial charge is 0.00261 e. The average molecular weight is 507 g/mol. The van der Waals surface area contributed by atoms with Crippen molar-refractivity contribution >= 4 is 43.1 Å². The van der Waals surface area contributed by atoms with Crippen LogP contribution in [0.5, 0.6) is 0 Å². The second-order valence-corrected chi connectivity index (χ2v) is 10.5. The SMILES string of the molecule is c1ccc(-c2ccc3c(-c4ccc5c(ccc6ccccc65)c4)c4ccccc4c(-c4ccccc4)c3c2)cc1. The van der Waals surface area contributed by atoms with E-state index in [1.165, 1.54) is 76.5 Å². The highest BCUT2D eigenvalue weighted by atomic mass is 14.2. The van der Waals surface area contributed by atoms with Crippen LogP contribution in [0.15, 0.2) is 158 Å². The molecule has 0 bridgehead atoms. The van der Waals surface area contributed by atoms with E-state index in [9.17, 15) is 0 Å². The summed E-state index contributed by atoms with van der Waals surface area (Å²) < 4.78 is 0. The van der Waals surface area contributed by atoms with Crippen molar-refractivity contribution in [2.24, 2.45) is 0 Å². The van der Waals surface area contributed by atoms with Gasteiger partial charge in [-0.1, -0.05) is 146 Å². The molecule has 0 aliphatic heterocycles. The van der Waals surface area contributed by atoms with Gasteiger partial charge in [0.25, 0.3) is 0 Å². The van der Waals surface area contributed by atoms with Gasteiger partial charge in [-0.3, -0.25) is 0 Å². The number of fused-ring (bicyclic) bond motifs is 5. The first kappa shape index (κ1) is 22.8. The molecule has 0 radical (unpaired) electrons. The molecule has 0 N–H and O–H groups in total. The highest BCUT2D eigenvalue weighted by Crippen LogP contribution is 2.45.